The second-order valence-corrected chi connectivity index (χ2v) is 15.3. The third-order valence-electron chi connectivity index (χ3n) is 7.36. The van der Waals surface area contributed by atoms with E-state index in [1.54, 1.807) is 28.9 Å². The smallest absolute Gasteiger partial charge is 0.155 e. The zero-order chi connectivity index (χ0) is 46.0. The van der Waals surface area contributed by atoms with Crippen LogP contribution < -0.4 is 0 Å². The molecule has 4 aromatic heterocycles. The van der Waals surface area contributed by atoms with Crippen molar-refractivity contribution >= 4 is 60.3 Å². The molecule has 0 bridgehead atoms. The molecule has 4 aromatic carbocycles. The van der Waals surface area contributed by atoms with E-state index in [0.29, 0.717) is 0 Å². The van der Waals surface area contributed by atoms with E-state index in [4.69, 9.17) is 15.3 Å². The van der Waals surface area contributed by atoms with E-state index in [1.807, 2.05) is 115 Å². The van der Waals surface area contributed by atoms with Gasteiger partial charge in [0, 0.05) is 106 Å². The van der Waals surface area contributed by atoms with E-state index in [2.05, 4.69) is 57.4 Å². The summed E-state index contributed by atoms with van der Waals surface area (Å²) in [6, 6.07) is 53.7. The molecular weight excluding hydrogens is 1400 g/mol. The number of aromatic nitrogens is 3. The van der Waals surface area contributed by atoms with E-state index >= 15 is 0 Å². The van der Waals surface area contributed by atoms with Crippen LogP contribution in [-0.2, 0) is 74.7 Å². The van der Waals surface area contributed by atoms with Gasteiger partial charge in [-0.25, -0.2) is 11.3 Å². The van der Waals surface area contributed by atoms with E-state index in [-0.39, 0.29) is 94.9 Å². The summed E-state index contributed by atoms with van der Waals surface area (Å²) in [5.41, 5.74) is 5.14. The zero-order valence-corrected chi connectivity index (χ0v) is 45.6. The summed E-state index contributed by atoms with van der Waals surface area (Å²) in [5, 5.41) is 27.3. The van der Waals surface area contributed by atoms with Gasteiger partial charge in [0.15, 0.2) is 17.3 Å². The van der Waals surface area contributed by atoms with Crippen LogP contribution in [0.3, 0.4) is 0 Å². The van der Waals surface area contributed by atoms with Crippen LogP contribution in [0.2, 0.25) is 0 Å². The SMILES string of the molecule is CC(=O)C=C(C)O.CC(=O)C=C(C)O.CC(=O)C=C(C)O.[Ir].[Ir].[Ir].[c-]1c(-c2ccccn2)sc2ccccc12.[c-]1ccccc1-c1ccccn1.[c-]1ccccc1-c1nc2ccccc2s1. The Morgan fingerprint density at radius 2 is 0.939 bits per heavy atom. The molecule has 0 unspecified atom stereocenters. The molecule has 9 nitrogen and oxygen atoms in total. The average molecular weight is 1450 g/mol. The van der Waals surface area contributed by atoms with Gasteiger partial charge in [-0.05, 0) is 81.1 Å². The van der Waals surface area contributed by atoms with Gasteiger partial charge in [0.1, 0.15) is 0 Å². The number of carbonyl (C=O) groups excluding carboxylic acids is 3. The number of rotatable bonds is 6. The maximum atomic E-state index is 10.0. The fourth-order valence-corrected chi connectivity index (χ4v) is 6.94. The first-order valence-corrected chi connectivity index (χ1v) is 21.0. The number of thiazole rings is 1. The monoisotopic (exact) mass is 1450 g/mol. The minimum absolute atomic E-state index is 0. The molecule has 3 radical (unpaired) electrons. The number of pyridine rings is 2. The van der Waals surface area contributed by atoms with Crippen molar-refractivity contribution in [2.75, 3.05) is 0 Å². The fourth-order valence-electron chi connectivity index (χ4n) is 5.00. The number of carbonyl (C=O) groups is 3. The van der Waals surface area contributed by atoms with Gasteiger partial charge in [-0.1, -0.05) is 48.5 Å². The summed E-state index contributed by atoms with van der Waals surface area (Å²) in [7, 11) is 0. The number of aliphatic hydroxyl groups is 3. The van der Waals surface area contributed by atoms with Crippen LogP contribution in [0.1, 0.15) is 41.5 Å². The second kappa shape index (κ2) is 34.0. The largest absolute Gasteiger partial charge is 0.512 e. The molecule has 0 fully saturated rings. The molecule has 3 N–H and O–H groups in total. The molecule has 0 aliphatic carbocycles. The van der Waals surface area contributed by atoms with Gasteiger partial charge in [0.05, 0.1) is 22.8 Å². The van der Waals surface area contributed by atoms with Crippen molar-refractivity contribution in [2.45, 2.75) is 41.5 Å². The Morgan fingerprint density at radius 3 is 1.35 bits per heavy atom. The molecule has 0 saturated heterocycles. The van der Waals surface area contributed by atoms with Crippen molar-refractivity contribution in [1.82, 2.24) is 15.0 Å². The van der Waals surface area contributed by atoms with E-state index < -0.39 is 0 Å². The number of nitrogens with zero attached hydrogens (tertiary/aromatic N) is 3. The van der Waals surface area contributed by atoms with Crippen LogP contribution in [0.4, 0.5) is 0 Å². The maximum Gasteiger partial charge on any atom is 0.155 e. The Morgan fingerprint density at radius 1 is 0.500 bits per heavy atom. The molecule has 8 aromatic rings. The maximum absolute atomic E-state index is 10.0. The Hall–Kier alpha value is -5.39. The third kappa shape index (κ3) is 24.8. The number of fused-ring (bicyclic) bond motifs is 2. The summed E-state index contributed by atoms with van der Waals surface area (Å²) in [5.74, 6) is -0.187. The number of aliphatic hydroxyl groups excluding tert-OH is 3. The van der Waals surface area contributed by atoms with Gasteiger partial charge >= 0.3 is 0 Å². The van der Waals surface area contributed by atoms with Gasteiger partial charge < -0.3 is 25.3 Å². The third-order valence-corrected chi connectivity index (χ3v) is 9.53. The molecule has 0 atom stereocenters. The molecule has 4 heterocycles. The van der Waals surface area contributed by atoms with Crippen LogP contribution >= 0.6 is 22.7 Å². The minimum Gasteiger partial charge on any atom is -0.512 e. The molecule has 349 valence electrons. The van der Waals surface area contributed by atoms with Gasteiger partial charge in [-0.15, -0.1) is 95.4 Å². The van der Waals surface area contributed by atoms with Crippen LogP contribution in [-0.4, -0.2) is 47.6 Å². The van der Waals surface area contributed by atoms with Gasteiger partial charge in [-0.3, -0.25) is 19.4 Å². The van der Waals surface area contributed by atoms with Crippen LogP contribution in [0.25, 0.3) is 52.7 Å². The zero-order valence-electron chi connectivity index (χ0n) is 36.8. The number of hydrogen-bond donors (Lipinski definition) is 3. The molecule has 8 rings (SSSR count). The van der Waals surface area contributed by atoms with Crippen molar-refractivity contribution in [3.05, 3.63) is 200 Å². The van der Waals surface area contributed by atoms with Crippen molar-refractivity contribution in [3.63, 3.8) is 0 Å². The molecule has 0 saturated carbocycles. The van der Waals surface area contributed by atoms with Crippen LogP contribution in [0, 0.1) is 18.2 Å². The number of hydrogen-bond acceptors (Lipinski definition) is 11. The molecule has 0 aliphatic heterocycles. The molecule has 0 spiro atoms. The molecule has 14 heteroatoms. The Labute approximate surface area is 435 Å². The number of thiophene rings is 1. The Kier molecular flexibility index (Phi) is 31.2. The van der Waals surface area contributed by atoms with Crippen molar-refractivity contribution in [2.24, 2.45) is 0 Å². The summed E-state index contributed by atoms with van der Waals surface area (Å²) in [4.78, 5) is 44.3. The van der Waals surface area contributed by atoms with E-state index in [0.717, 1.165) is 37.9 Å². The average Bonchev–Trinajstić information content (AvgIpc) is 3.90. The van der Waals surface area contributed by atoms with Crippen LogP contribution in [0.5, 0.6) is 0 Å². The standard InChI is InChI=1S/2C13H8NS.C11H8N.3C5H8O2.3Ir/c1-2-7-12-10(5-1)9-13(15-12)11-6-3-4-8-14-11;1-2-6-10(7-3-1)13-14-11-8-4-5-9-12(11)15-13;1-2-6-10(7-3-1)11-8-4-5-9-12-11;3*1-4(6)3-5(2)7;;;/h1-8H;1-6,8-9H;1-6,8-9H;3*3,6H,1-2H3;;;/q3*-1;;;;;;. The second-order valence-electron chi connectivity index (χ2n) is 13.2. The topological polar surface area (TPSA) is 151 Å². The first kappa shape index (κ1) is 60.6. The van der Waals surface area contributed by atoms with Crippen molar-refractivity contribution in [3.8, 4) is 32.4 Å². The predicted molar refractivity (Wildman–Crippen MR) is 257 cm³/mol. The predicted octanol–water partition coefficient (Wildman–Crippen LogP) is 13.2. The van der Waals surface area contributed by atoms with E-state index in [9.17, 15) is 14.4 Å². The number of para-hydroxylation sites is 1. The van der Waals surface area contributed by atoms with Gasteiger partial charge in [-0.2, -0.15) is 11.3 Å². The minimum atomic E-state index is -0.125. The van der Waals surface area contributed by atoms with Crippen LogP contribution in [0.15, 0.2) is 181 Å². The van der Waals surface area contributed by atoms with Crippen molar-refractivity contribution in [1.29, 1.82) is 0 Å². The molecule has 66 heavy (non-hydrogen) atoms. The summed E-state index contributed by atoms with van der Waals surface area (Å²) in [6.07, 6.45) is 7.10. The normalized spacial score (nSPS) is 10.2. The summed E-state index contributed by atoms with van der Waals surface area (Å²) >= 11 is 3.44. The number of allylic oxidation sites excluding steroid dienone is 6. The first-order valence-electron chi connectivity index (χ1n) is 19.4. The summed E-state index contributed by atoms with van der Waals surface area (Å²) in [6.45, 7) is 8.54. The Balaban J connectivity index is 0.000000788. The number of ketones is 3. The molecule has 0 amide bonds. The first-order chi connectivity index (χ1) is 30.2. The molecule has 0 aliphatic rings. The fraction of sp³-hybridized carbons (Fsp3) is 0.115. The van der Waals surface area contributed by atoms with E-state index in [1.165, 1.54) is 74.6 Å². The number of benzene rings is 4. The van der Waals surface area contributed by atoms with Gasteiger partial charge in [0.2, 0.25) is 0 Å². The van der Waals surface area contributed by atoms with Crippen molar-refractivity contribution < 1.29 is 90.0 Å². The van der Waals surface area contributed by atoms with Gasteiger partial charge in [0.25, 0.3) is 0 Å². The summed E-state index contributed by atoms with van der Waals surface area (Å²) < 4.78 is 2.49. The quantitative estimate of drug-likeness (QED) is 0.0840. The Bertz CT molecular complexity index is 2440. The molecular formula is C52H48Ir3N3O6S2-3.